The van der Waals surface area contributed by atoms with E-state index >= 15 is 0 Å². The van der Waals surface area contributed by atoms with Crippen LogP contribution in [0.4, 0.5) is 14.9 Å². The predicted octanol–water partition coefficient (Wildman–Crippen LogP) is 3.49. The van der Waals surface area contributed by atoms with Gasteiger partial charge in [-0.05, 0) is 6.07 Å². The molecule has 110 valence electrons. The zero-order valence-electron chi connectivity index (χ0n) is 11.2. The van der Waals surface area contributed by atoms with Gasteiger partial charge in [0.15, 0.2) is 0 Å². The van der Waals surface area contributed by atoms with E-state index in [1.165, 1.54) is 13.2 Å². The molecule has 0 aliphatic heterocycles. The van der Waals surface area contributed by atoms with Crippen molar-refractivity contribution in [3.05, 3.63) is 34.7 Å². The Kier molecular flexibility index (Phi) is 3.11. The monoisotopic (exact) mass is 318 g/mol. The fourth-order valence-electron chi connectivity index (χ4n) is 2.36. The topological polar surface area (TPSA) is 93.0 Å². The summed E-state index contributed by atoms with van der Waals surface area (Å²) in [4.78, 5) is 19.0. The number of carbonyl (C=O) groups is 1. The van der Waals surface area contributed by atoms with Crippen molar-refractivity contribution in [2.75, 3.05) is 11.9 Å². The molecule has 0 aliphatic rings. The fraction of sp³-hybridized carbons (Fsp3) is 0.0714. The summed E-state index contributed by atoms with van der Waals surface area (Å²) in [5.41, 5.74) is 0.607. The van der Waals surface area contributed by atoms with Gasteiger partial charge in [0.2, 0.25) is 0 Å². The zero-order valence-corrected chi connectivity index (χ0v) is 11.9. The van der Waals surface area contributed by atoms with E-state index in [-0.39, 0.29) is 16.6 Å². The van der Waals surface area contributed by atoms with Crippen molar-refractivity contribution in [2.24, 2.45) is 0 Å². The van der Waals surface area contributed by atoms with E-state index in [1.54, 1.807) is 12.1 Å². The number of anilines is 1. The summed E-state index contributed by atoms with van der Waals surface area (Å²) in [5.74, 6) is -0.807. The van der Waals surface area contributed by atoms with E-state index in [4.69, 9.17) is 16.7 Å². The van der Waals surface area contributed by atoms with Crippen LogP contribution in [0.5, 0.6) is 0 Å². The molecule has 0 aliphatic carbocycles. The summed E-state index contributed by atoms with van der Waals surface area (Å²) in [5, 5.41) is 19.4. The average Bonchev–Trinajstić information content (AvgIpc) is 2.84. The van der Waals surface area contributed by atoms with E-state index in [0.717, 1.165) is 11.0 Å². The molecule has 2 N–H and O–H groups in total. The number of halogens is 2. The number of pyridine rings is 1. The molecular weight excluding hydrogens is 311 g/mol. The molecule has 1 aromatic carbocycles. The van der Waals surface area contributed by atoms with Gasteiger partial charge in [-0.1, -0.05) is 11.6 Å². The van der Waals surface area contributed by atoms with Crippen molar-refractivity contribution in [3.63, 3.8) is 0 Å². The molecule has 3 aromatic rings. The van der Waals surface area contributed by atoms with Gasteiger partial charge in [0.1, 0.15) is 17.5 Å². The number of hydrogen-bond donors (Lipinski definition) is 2. The van der Waals surface area contributed by atoms with Crippen LogP contribution in [0.2, 0.25) is 5.02 Å². The maximum absolute atomic E-state index is 14.2. The molecule has 6 nitrogen and oxygen atoms in total. The minimum atomic E-state index is -1.25. The Morgan fingerprint density at radius 3 is 2.91 bits per heavy atom. The Balaban J connectivity index is 2.54. The van der Waals surface area contributed by atoms with E-state index in [2.05, 4.69) is 9.97 Å². The molecule has 0 saturated carbocycles. The SMILES string of the molecule is CN(C(=O)O)c1cc(F)c(C#N)c2c1[nH]c1ncc(Cl)cc12. The molecule has 2 aromatic heterocycles. The van der Waals surface area contributed by atoms with Crippen molar-refractivity contribution >= 4 is 45.3 Å². The molecule has 2 heterocycles. The number of H-pyrrole nitrogens is 1. The minimum Gasteiger partial charge on any atom is -0.465 e. The van der Waals surface area contributed by atoms with Gasteiger partial charge in [0.25, 0.3) is 0 Å². The molecule has 1 amide bonds. The standard InChI is InChI=1S/C14H8ClFN4O2/c1-20(14(21)22)10-3-9(16)8(4-17)11-7-2-6(15)5-18-13(7)19-12(10)11/h2-3,5H,1H3,(H,18,19)(H,21,22). The molecule has 0 spiro atoms. The van der Waals surface area contributed by atoms with Gasteiger partial charge in [0.05, 0.1) is 21.8 Å². The highest BCUT2D eigenvalue weighted by Crippen LogP contribution is 2.36. The number of fused-ring (bicyclic) bond motifs is 3. The molecule has 0 saturated heterocycles. The third-order valence-corrected chi connectivity index (χ3v) is 3.59. The van der Waals surface area contributed by atoms with Crippen molar-refractivity contribution in [1.82, 2.24) is 9.97 Å². The lowest BCUT2D eigenvalue weighted by Gasteiger charge is -2.14. The van der Waals surface area contributed by atoms with Crippen molar-refractivity contribution in [1.29, 1.82) is 5.26 Å². The van der Waals surface area contributed by atoms with Crippen LogP contribution in [0.3, 0.4) is 0 Å². The van der Waals surface area contributed by atoms with Crippen LogP contribution in [0.15, 0.2) is 18.3 Å². The third kappa shape index (κ3) is 1.93. The van der Waals surface area contributed by atoms with Gasteiger partial charge in [-0.2, -0.15) is 5.26 Å². The molecule has 0 radical (unpaired) electrons. The van der Waals surface area contributed by atoms with Crippen LogP contribution < -0.4 is 4.90 Å². The van der Waals surface area contributed by atoms with Crippen LogP contribution in [-0.4, -0.2) is 28.2 Å². The van der Waals surface area contributed by atoms with E-state index in [0.29, 0.717) is 21.6 Å². The highest BCUT2D eigenvalue weighted by molar-refractivity contribution is 6.31. The third-order valence-electron chi connectivity index (χ3n) is 3.39. The first-order valence-electron chi connectivity index (χ1n) is 6.10. The van der Waals surface area contributed by atoms with Gasteiger partial charge in [-0.3, -0.25) is 4.90 Å². The Morgan fingerprint density at radius 1 is 1.55 bits per heavy atom. The van der Waals surface area contributed by atoms with Crippen LogP contribution in [0, 0.1) is 17.1 Å². The second-order valence-corrected chi connectivity index (χ2v) is 5.07. The number of nitriles is 1. The first kappa shape index (κ1) is 14.1. The van der Waals surface area contributed by atoms with E-state index in [1.807, 2.05) is 0 Å². The molecule has 0 atom stereocenters. The highest BCUT2D eigenvalue weighted by Gasteiger charge is 2.21. The van der Waals surface area contributed by atoms with Gasteiger partial charge in [0, 0.05) is 30.1 Å². The number of nitrogens with zero attached hydrogens (tertiary/aromatic N) is 3. The predicted molar refractivity (Wildman–Crippen MR) is 79.7 cm³/mol. The van der Waals surface area contributed by atoms with Gasteiger partial charge in [-0.25, -0.2) is 14.2 Å². The number of rotatable bonds is 1. The molecule has 0 fully saturated rings. The summed E-state index contributed by atoms with van der Waals surface area (Å²) in [6, 6.07) is 4.35. The first-order valence-corrected chi connectivity index (χ1v) is 6.48. The Hall–Kier alpha value is -2.85. The number of carboxylic acid groups (broad SMARTS) is 1. The maximum atomic E-state index is 14.2. The average molecular weight is 319 g/mol. The van der Waals surface area contributed by atoms with Crippen LogP contribution in [0.1, 0.15) is 5.56 Å². The molecule has 3 rings (SSSR count). The Bertz CT molecular complexity index is 977. The second kappa shape index (κ2) is 4.86. The normalized spacial score (nSPS) is 10.8. The maximum Gasteiger partial charge on any atom is 0.411 e. The van der Waals surface area contributed by atoms with Crippen LogP contribution in [-0.2, 0) is 0 Å². The zero-order chi connectivity index (χ0) is 16.0. The Labute approximate surface area is 128 Å². The summed E-state index contributed by atoms with van der Waals surface area (Å²) in [6.07, 6.45) is 0.150. The number of aromatic nitrogens is 2. The van der Waals surface area contributed by atoms with E-state index in [9.17, 15) is 14.4 Å². The van der Waals surface area contributed by atoms with Crippen molar-refractivity contribution in [3.8, 4) is 6.07 Å². The lowest BCUT2D eigenvalue weighted by molar-refractivity contribution is 0.203. The molecule has 0 unspecified atom stereocenters. The van der Waals surface area contributed by atoms with Crippen LogP contribution in [0.25, 0.3) is 21.9 Å². The lowest BCUT2D eigenvalue weighted by atomic mass is 10.1. The Morgan fingerprint density at radius 2 is 2.27 bits per heavy atom. The van der Waals surface area contributed by atoms with Gasteiger partial charge < -0.3 is 10.1 Å². The number of benzene rings is 1. The van der Waals surface area contributed by atoms with Gasteiger partial charge >= 0.3 is 6.09 Å². The first-order chi connectivity index (χ1) is 10.4. The quantitative estimate of drug-likeness (QED) is 0.718. The lowest BCUT2D eigenvalue weighted by Crippen LogP contribution is -2.24. The summed E-state index contributed by atoms with van der Waals surface area (Å²) < 4.78 is 14.2. The minimum absolute atomic E-state index is 0.0909. The van der Waals surface area contributed by atoms with Crippen molar-refractivity contribution in [2.45, 2.75) is 0 Å². The number of aromatic amines is 1. The fourth-order valence-corrected chi connectivity index (χ4v) is 2.52. The molecular formula is C14H8ClFN4O2. The summed E-state index contributed by atoms with van der Waals surface area (Å²) >= 11 is 5.91. The number of nitrogens with one attached hydrogen (secondary N) is 1. The summed E-state index contributed by atoms with van der Waals surface area (Å²) in [7, 11) is 1.29. The van der Waals surface area contributed by atoms with Crippen molar-refractivity contribution < 1.29 is 14.3 Å². The smallest absolute Gasteiger partial charge is 0.411 e. The van der Waals surface area contributed by atoms with Gasteiger partial charge in [-0.15, -0.1) is 0 Å². The number of hydrogen-bond acceptors (Lipinski definition) is 3. The highest BCUT2D eigenvalue weighted by atomic mass is 35.5. The van der Waals surface area contributed by atoms with E-state index < -0.39 is 11.9 Å². The second-order valence-electron chi connectivity index (χ2n) is 4.63. The molecule has 22 heavy (non-hydrogen) atoms. The van der Waals surface area contributed by atoms with Crippen LogP contribution >= 0.6 is 11.6 Å². The molecule has 0 bridgehead atoms. The summed E-state index contributed by atoms with van der Waals surface area (Å²) in [6.45, 7) is 0. The largest absolute Gasteiger partial charge is 0.465 e. The molecule has 8 heteroatoms. The number of amides is 1.